The summed E-state index contributed by atoms with van der Waals surface area (Å²) >= 11 is 0. The van der Waals surface area contributed by atoms with Gasteiger partial charge in [0, 0.05) is 23.7 Å². The van der Waals surface area contributed by atoms with Gasteiger partial charge in [0.25, 0.3) is 0 Å². The number of rotatable bonds is 3. The first-order valence-corrected chi connectivity index (χ1v) is 6.55. The van der Waals surface area contributed by atoms with Gasteiger partial charge in [0.15, 0.2) is 0 Å². The number of nitrogens with zero attached hydrogens (tertiary/aromatic N) is 2. The summed E-state index contributed by atoms with van der Waals surface area (Å²) in [5.41, 5.74) is 9.64. The molecule has 3 rings (SSSR count). The van der Waals surface area contributed by atoms with Crippen LogP contribution in [-0.2, 0) is 13.7 Å². The third-order valence-electron chi connectivity index (χ3n) is 3.52. The fourth-order valence-corrected chi connectivity index (χ4v) is 2.33. The molecule has 0 spiro atoms. The van der Waals surface area contributed by atoms with Crippen molar-refractivity contribution in [2.45, 2.75) is 13.5 Å². The Kier molecular flexibility index (Phi) is 3.06. The molecule has 4 heteroatoms. The lowest BCUT2D eigenvalue weighted by molar-refractivity contribution is 0.299. The molecule has 0 atom stereocenters. The van der Waals surface area contributed by atoms with Gasteiger partial charge in [0.2, 0.25) is 0 Å². The van der Waals surface area contributed by atoms with E-state index in [-0.39, 0.29) is 0 Å². The predicted molar refractivity (Wildman–Crippen MR) is 80.6 cm³/mol. The SMILES string of the molecule is Cc1c(N)cccc1OCc1nn(C)c2ccccc12. The number of fused-ring (bicyclic) bond motifs is 1. The van der Waals surface area contributed by atoms with Gasteiger partial charge in [-0.1, -0.05) is 24.3 Å². The lowest BCUT2D eigenvalue weighted by atomic mass is 10.2. The van der Waals surface area contributed by atoms with Crippen LogP contribution < -0.4 is 10.5 Å². The number of aryl methyl sites for hydroxylation is 1. The number of nitrogen functional groups attached to an aromatic ring is 1. The summed E-state index contributed by atoms with van der Waals surface area (Å²) in [6.07, 6.45) is 0. The molecule has 3 aromatic rings. The molecular weight excluding hydrogens is 250 g/mol. The minimum atomic E-state index is 0.436. The molecule has 0 saturated carbocycles. The van der Waals surface area contributed by atoms with Gasteiger partial charge in [-0.05, 0) is 25.1 Å². The third-order valence-corrected chi connectivity index (χ3v) is 3.52. The molecule has 102 valence electrons. The molecule has 4 nitrogen and oxygen atoms in total. The van der Waals surface area contributed by atoms with Crippen LogP contribution in [0.3, 0.4) is 0 Å². The number of anilines is 1. The summed E-state index contributed by atoms with van der Waals surface area (Å²) in [6.45, 7) is 2.40. The molecule has 0 amide bonds. The van der Waals surface area contributed by atoms with Crippen LogP contribution in [0.25, 0.3) is 10.9 Å². The number of hydrogen-bond acceptors (Lipinski definition) is 3. The summed E-state index contributed by atoms with van der Waals surface area (Å²) in [5.74, 6) is 0.805. The van der Waals surface area contributed by atoms with Crippen LogP contribution in [0.5, 0.6) is 5.75 Å². The highest BCUT2D eigenvalue weighted by Crippen LogP contribution is 2.25. The molecule has 0 saturated heterocycles. The van der Waals surface area contributed by atoms with Crippen molar-refractivity contribution in [2.24, 2.45) is 7.05 Å². The number of nitrogens with two attached hydrogens (primary N) is 1. The van der Waals surface area contributed by atoms with E-state index < -0.39 is 0 Å². The van der Waals surface area contributed by atoms with E-state index in [0.29, 0.717) is 6.61 Å². The van der Waals surface area contributed by atoms with Crippen LogP contribution in [0.4, 0.5) is 5.69 Å². The van der Waals surface area contributed by atoms with Crippen LogP contribution in [0.2, 0.25) is 0 Å². The Bertz CT molecular complexity index is 762. The highest BCUT2D eigenvalue weighted by Gasteiger charge is 2.09. The number of benzene rings is 2. The number of para-hydroxylation sites is 1. The summed E-state index contributed by atoms with van der Waals surface area (Å²) in [5, 5.41) is 5.64. The Hall–Kier alpha value is -2.49. The van der Waals surface area contributed by atoms with E-state index in [2.05, 4.69) is 17.2 Å². The maximum atomic E-state index is 5.88. The van der Waals surface area contributed by atoms with Crippen molar-refractivity contribution in [3.05, 3.63) is 53.7 Å². The summed E-state index contributed by atoms with van der Waals surface area (Å²) in [4.78, 5) is 0. The summed E-state index contributed by atoms with van der Waals surface area (Å²) in [6, 6.07) is 13.8. The molecule has 2 N–H and O–H groups in total. The molecule has 0 radical (unpaired) electrons. The predicted octanol–water partition coefficient (Wildman–Crippen LogP) is 3.04. The average Bonchev–Trinajstić information content (AvgIpc) is 2.78. The van der Waals surface area contributed by atoms with Gasteiger partial charge in [0.1, 0.15) is 18.1 Å². The molecule has 1 aromatic heterocycles. The second-order valence-corrected chi connectivity index (χ2v) is 4.85. The van der Waals surface area contributed by atoms with Crippen LogP contribution in [0.15, 0.2) is 42.5 Å². The topological polar surface area (TPSA) is 53.1 Å². The lowest BCUT2D eigenvalue weighted by Crippen LogP contribution is -2.00. The van der Waals surface area contributed by atoms with E-state index in [1.165, 1.54) is 0 Å². The Morgan fingerprint density at radius 2 is 1.95 bits per heavy atom. The quantitative estimate of drug-likeness (QED) is 0.742. The fraction of sp³-hybridized carbons (Fsp3) is 0.188. The fourth-order valence-electron chi connectivity index (χ4n) is 2.33. The van der Waals surface area contributed by atoms with E-state index >= 15 is 0 Å². The maximum Gasteiger partial charge on any atom is 0.133 e. The van der Waals surface area contributed by atoms with Crippen molar-refractivity contribution in [1.29, 1.82) is 0 Å². The van der Waals surface area contributed by atoms with E-state index in [0.717, 1.165) is 33.6 Å². The monoisotopic (exact) mass is 267 g/mol. The minimum absolute atomic E-state index is 0.436. The zero-order chi connectivity index (χ0) is 14.1. The first-order valence-electron chi connectivity index (χ1n) is 6.55. The van der Waals surface area contributed by atoms with Gasteiger partial charge in [-0.25, -0.2) is 0 Å². The Balaban J connectivity index is 1.89. The number of ether oxygens (including phenoxy) is 1. The van der Waals surface area contributed by atoms with Gasteiger partial charge in [-0.2, -0.15) is 5.10 Å². The van der Waals surface area contributed by atoms with Crippen molar-refractivity contribution in [2.75, 3.05) is 5.73 Å². The Morgan fingerprint density at radius 3 is 2.80 bits per heavy atom. The van der Waals surface area contributed by atoms with Gasteiger partial charge in [-0.15, -0.1) is 0 Å². The highest BCUT2D eigenvalue weighted by atomic mass is 16.5. The van der Waals surface area contributed by atoms with Gasteiger partial charge in [-0.3, -0.25) is 4.68 Å². The smallest absolute Gasteiger partial charge is 0.133 e. The minimum Gasteiger partial charge on any atom is -0.487 e. The molecule has 1 heterocycles. The average molecular weight is 267 g/mol. The normalized spacial score (nSPS) is 10.9. The van der Waals surface area contributed by atoms with Gasteiger partial charge >= 0.3 is 0 Å². The van der Waals surface area contributed by atoms with E-state index in [9.17, 15) is 0 Å². The van der Waals surface area contributed by atoms with Crippen molar-refractivity contribution in [3.8, 4) is 5.75 Å². The molecule has 0 bridgehead atoms. The summed E-state index contributed by atoms with van der Waals surface area (Å²) in [7, 11) is 1.94. The van der Waals surface area contributed by atoms with Crippen molar-refractivity contribution in [3.63, 3.8) is 0 Å². The second-order valence-electron chi connectivity index (χ2n) is 4.85. The molecule has 20 heavy (non-hydrogen) atoms. The van der Waals surface area contributed by atoms with Crippen molar-refractivity contribution < 1.29 is 4.74 Å². The molecule has 0 aliphatic carbocycles. The second kappa shape index (κ2) is 4.89. The summed E-state index contributed by atoms with van der Waals surface area (Å²) < 4.78 is 7.74. The zero-order valence-corrected chi connectivity index (χ0v) is 11.6. The van der Waals surface area contributed by atoms with Crippen LogP contribution >= 0.6 is 0 Å². The first-order chi connectivity index (χ1) is 9.66. The molecule has 0 aliphatic rings. The Morgan fingerprint density at radius 1 is 1.15 bits per heavy atom. The molecule has 2 aromatic carbocycles. The van der Waals surface area contributed by atoms with Crippen LogP contribution in [0, 0.1) is 6.92 Å². The van der Waals surface area contributed by atoms with Gasteiger partial charge < -0.3 is 10.5 Å². The van der Waals surface area contributed by atoms with Crippen molar-refractivity contribution in [1.82, 2.24) is 9.78 Å². The number of hydrogen-bond donors (Lipinski definition) is 1. The van der Waals surface area contributed by atoms with E-state index in [4.69, 9.17) is 10.5 Å². The van der Waals surface area contributed by atoms with Gasteiger partial charge in [0.05, 0.1) is 5.52 Å². The Labute approximate surface area is 117 Å². The molecule has 0 fully saturated rings. The molecule has 0 aliphatic heterocycles. The standard InChI is InChI=1S/C16H17N3O/c1-11-13(17)7-5-9-16(11)20-10-14-12-6-3-4-8-15(12)19(2)18-14/h3-9H,10,17H2,1-2H3. The first kappa shape index (κ1) is 12.5. The van der Waals surface area contributed by atoms with Crippen LogP contribution in [0.1, 0.15) is 11.3 Å². The van der Waals surface area contributed by atoms with Crippen molar-refractivity contribution >= 4 is 16.6 Å². The molecular formula is C16H17N3O. The number of aromatic nitrogens is 2. The third kappa shape index (κ3) is 2.09. The molecule has 0 unspecified atom stereocenters. The van der Waals surface area contributed by atoms with E-state index in [1.54, 1.807) is 0 Å². The largest absolute Gasteiger partial charge is 0.487 e. The van der Waals surface area contributed by atoms with Crippen LogP contribution in [-0.4, -0.2) is 9.78 Å². The lowest BCUT2D eigenvalue weighted by Gasteiger charge is -2.09. The highest BCUT2D eigenvalue weighted by molar-refractivity contribution is 5.81. The maximum absolute atomic E-state index is 5.88. The zero-order valence-electron chi connectivity index (χ0n) is 11.6. The van der Waals surface area contributed by atoms with E-state index in [1.807, 2.05) is 49.0 Å².